The zero-order chi connectivity index (χ0) is 22.2. The number of aryl methyl sites for hydroxylation is 2. The maximum atomic E-state index is 13.7. The average molecular weight is 442 g/mol. The van der Waals surface area contributed by atoms with Crippen LogP contribution < -0.4 is 5.32 Å². The van der Waals surface area contributed by atoms with Crippen LogP contribution in [0.1, 0.15) is 34.0 Å². The zero-order valence-electron chi connectivity index (χ0n) is 18.0. The number of carbonyl (C=O) groups is 1. The molecule has 0 unspecified atom stereocenters. The van der Waals surface area contributed by atoms with Crippen molar-refractivity contribution in [3.05, 3.63) is 118 Å². The lowest BCUT2D eigenvalue weighted by atomic mass is 9.97. The van der Waals surface area contributed by atoms with Gasteiger partial charge >= 0.3 is 6.03 Å². The van der Waals surface area contributed by atoms with Crippen LogP contribution in [0.15, 0.2) is 85.1 Å². The molecule has 4 aromatic rings. The molecule has 0 bridgehead atoms. The number of benzene rings is 3. The molecule has 4 nitrogen and oxygen atoms in total. The lowest BCUT2D eigenvalue weighted by Gasteiger charge is -2.32. The quantitative estimate of drug-likeness (QED) is 0.361. The van der Waals surface area contributed by atoms with Crippen molar-refractivity contribution in [1.29, 1.82) is 0 Å². The Labute approximate surface area is 193 Å². The van der Waals surface area contributed by atoms with E-state index in [2.05, 4.69) is 53.3 Å². The van der Waals surface area contributed by atoms with Gasteiger partial charge in [-0.15, -0.1) is 0 Å². The number of nitrogens with zero attached hydrogens (tertiary/aromatic N) is 2. The Morgan fingerprint density at radius 3 is 2.53 bits per heavy atom. The Kier molecular flexibility index (Phi) is 5.24. The number of anilines is 1. The van der Waals surface area contributed by atoms with Crippen molar-refractivity contribution >= 4 is 23.3 Å². The summed E-state index contributed by atoms with van der Waals surface area (Å²) < 4.78 is 2.20. The molecule has 1 atom stereocenters. The van der Waals surface area contributed by atoms with Crippen LogP contribution in [0, 0.1) is 13.8 Å². The van der Waals surface area contributed by atoms with E-state index in [1.165, 1.54) is 0 Å². The highest BCUT2D eigenvalue weighted by molar-refractivity contribution is 6.31. The van der Waals surface area contributed by atoms with Crippen molar-refractivity contribution in [1.82, 2.24) is 9.47 Å². The van der Waals surface area contributed by atoms with Gasteiger partial charge < -0.3 is 14.8 Å². The normalized spacial score (nSPS) is 15.0. The molecule has 2 heterocycles. The SMILES string of the molecule is Cc1ccc(NC(=O)N2Cc3ccccc3-n3cccc3[C@@H]2c2ccccc2C)cc1Cl. The van der Waals surface area contributed by atoms with Crippen LogP contribution >= 0.6 is 11.6 Å². The molecule has 0 radical (unpaired) electrons. The Hall–Kier alpha value is -3.50. The van der Waals surface area contributed by atoms with E-state index in [9.17, 15) is 4.79 Å². The molecule has 160 valence electrons. The van der Waals surface area contributed by atoms with Gasteiger partial charge in [-0.3, -0.25) is 0 Å². The van der Waals surface area contributed by atoms with Gasteiger partial charge in [0.2, 0.25) is 0 Å². The molecule has 0 saturated carbocycles. The number of amides is 2. The first kappa shape index (κ1) is 20.4. The summed E-state index contributed by atoms with van der Waals surface area (Å²) >= 11 is 6.31. The Morgan fingerprint density at radius 1 is 0.938 bits per heavy atom. The summed E-state index contributed by atoms with van der Waals surface area (Å²) in [4.78, 5) is 15.6. The summed E-state index contributed by atoms with van der Waals surface area (Å²) in [5.41, 5.74) is 7.16. The van der Waals surface area contributed by atoms with Gasteiger partial charge in [-0.05, 0) is 66.4 Å². The molecule has 5 rings (SSSR count). The van der Waals surface area contributed by atoms with Gasteiger partial charge in [-0.2, -0.15) is 0 Å². The first-order valence-corrected chi connectivity index (χ1v) is 11.1. The molecule has 1 aliphatic rings. The van der Waals surface area contributed by atoms with E-state index in [0.29, 0.717) is 17.3 Å². The van der Waals surface area contributed by atoms with E-state index in [4.69, 9.17) is 11.6 Å². The summed E-state index contributed by atoms with van der Waals surface area (Å²) in [6.07, 6.45) is 2.07. The second-order valence-electron chi connectivity index (χ2n) is 8.21. The molecule has 32 heavy (non-hydrogen) atoms. The second kappa shape index (κ2) is 8.21. The lowest BCUT2D eigenvalue weighted by Crippen LogP contribution is -2.38. The monoisotopic (exact) mass is 441 g/mol. The van der Waals surface area contributed by atoms with Gasteiger partial charge in [0, 0.05) is 22.6 Å². The number of halogens is 1. The van der Waals surface area contributed by atoms with Crippen molar-refractivity contribution < 1.29 is 4.79 Å². The third-order valence-corrected chi connectivity index (χ3v) is 6.54. The number of carbonyl (C=O) groups excluding carboxylic acids is 1. The molecule has 3 aromatic carbocycles. The van der Waals surface area contributed by atoms with Gasteiger partial charge in [0.25, 0.3) is 0 Å². The van der Waals surface area contributed by atoms with Crippen LogP contribution in [0.3, 0.4) is 0 Å². The summed E-state index contributed by atoms with van der Waals surface area (Å²) in [6, 6.07) is 25.8. The van der Waals surface area contributed by atoms with Gasteiger partial charge in [-0.1, -0.05) is 60.1 Å². The Morgan fingerprint density at radius 2 is 1.72 bits per heavy atom. The van der Waals surface area contributed by atoms with E-state index in [1.807, 2.05) is 54.3 Å². The minimum absolute atomic E-state index is 0.164. The van der Waals surface area contributed by atoms with Crippen molar-refractivity contribution in [3.63, 3.8) is 0 Å². The number of aromatic nitrogens is 1. The molecule has 0 fully saturated rings. The number of urea groups is 1. The topological polar surface area (TPSA) is 37.3 Å². The van der Waals surface area contributed by atoms with Crippen LogP contribution in [0.5, 0.6) is 0 Å². The summed E-state index contributed by atoms with van der Waals surface area (Å²) in [6.45, 7) is 4.53. The van der Waals surface area contributed by atoms with E-state index in [-0.39, 0.29) is 12.1 Å². The average Bonchev–Trinajstić information content (AvgIpc) is 3.21. The Balaban J connectivity index is 1.64. The standard InChI is InChI=1S/C27H24ClN3O/c1-18-8-3-5-10-22(18)26-25-12-7-15-30(25)24-11-6-4-9-20(24)17-31(26)27(32)29-21-14-13-19(2)23(28)16-21/h3-16,26H,17H2,1-2H3,(H,29,32)/t26-/m0/s1. The summed E-state index contributed by atoms with van der Waals surface area (Å²) in [5, 5.41) is 3.71. The van der Waals surface area contributed by atoms with Crippen LogP contribution in [0.25, 0.3) is 5.69 Å². The smallest absolute Gasteiger partial charge is 0.318 e. The fourth-order valence-corrected chi connectivity index (χ4v) is 4.61. The molecule has 0 saturated heterocycles. The van der Waals surface area contributed by atoms with Crippen molar-refractivity contribution in [3.8, 4) is 5.69 Å². The number of hydrogen-bond donors (Lipinski definition) is 1. The highest BCUT2D eigenvalue weighted by Gasteiger charge is 2.33. The molecule has 1 N–H and O–H groups in total. The molecule has 0 aliphatic carbocycles. The highest BCUT2D eigenvalue weighted by Crippen LogP contribution is 2.38. The molecule has 1 aromatic heterocycles. The van der Waals surface area contributed by atoms with Crippen LogP contribution in [-0.4, -0.2) is 15.5 Å². The number of fused-ring (bicyclic) bond motifs is 3. The summed E-state index contributed by atoms with van der Waals surface area (Å²) in [5.74, 6) is 0. The highest BCUT2D eigenvalue weighted by atomic mass is 35.5. The first-order chi connectivity index (χ1) is 15.5. The number of para-hydroxylation sites is 1. The molecule has 1 aliphatic heterocycles. The van der Waals surface area contributed by atoms with Crippen molar-refractivity contribution in [2.75, 3.05) is 5.32 Å². The Bertz CT molecular complexity index is 1310. The van der Waals surface area contributed by atoms with E-state index in [1.54, 1.807) is 6.07 Å². The summed E-state index contributed by atoms with van der Waals surface area (Å²) in [7, 11) is 0. The molecular weight excluding hydrogens is 418 g/mol. The van der Waals surface area contributed by atoms with Crippen molar-refractivity contribution in [2.45, 2.75) is 26.4 Å². The molecule has 5 heteroatoms. The third kappa shape index (κ3) is 3.57. The third-order valence-electron chi connectivity index (χ3n) is 6.13. The minimum Gasteiger partial charge on any atom is -0.318 e. The van der Waals surface area contributed by atoms with E-state index in [0.717, 1.165) is 33.6 Å². The predicted octanol–water partition coefficient (Wildman–Crippen LogP) is 6.88. The maximum absolute atomic E-state index is 13.7. The van der Waals surface area contributed by atoms with Crippen LogP contribution in [0.2, 0.25) is 5.02 Å². The predicted molar refractivity (Wildman–Crippen MR) is 130 cm³/mol. The first-order valence-electron chi connectivity index (χ1n) is 10.7. The van der Waals surface area contributed by atoms with E-state index >= 15 is 0 Å². The van der Waals surface area contributed by atoms with Crippen LogP contribution in [-0.2, 0) is 6.54 Å². The van der Waals surface area contributed by atoms with Crippen molar-refractivity contribution in [2.24, 2.45) is 0 Å². The fraction of sp³-hybridized carbons (Fsp3) is 0.148. The lowest BCUT2D eigenvalue weighted by molar-refractivity contribution is 0.194. The fourth-order valence-electron chi connectivity index (χ4n) is 4.43. The maximum Gasteiger partial charge on any atom is 0.322 e. The van der Waals surface area contributed by atoms with Gasteiger partial charge in [0.1, 0.15) is 6.04 Å². The van der Waals surface area contributed by atoms with Crippen LogP contribution in [0.4, 0.5) is 10.5 Å². The van der Waals surface area contributed by atoms with Gasteiger partial charge in [-0.25, -0.2) is 4.79 Å². The second-order valence-corrected chi connectivity index (χ2v) is 8.62. The molecule has 2 amide bonds. The molecule has 0 spiro atoms. The minimum atomic E-state index is -0.237. The molecular formula is C27H24ClN3O. The zero-order valence-corrected chi connectivity index (χ0v) is 18.8. The van der Waals surface area contributed by atoms with Gasteiger partial charge in [0.15, 0.2) is 0 Å². The van der Waals surface area contributed by atoms with E-state index < -0.39 is 0 Å². The largest absolute Gasteiger partial charge is 0.322 e. The number of nitrogens with one attached hydrogen (secondary N) is 1. The van der Waals surface area contributed by atoms with Gasteiger partial charge in [0.05, 0.1) is 12.2 Å². The number of hydrogen-bond acceptors (Lipinski definition) is 1. The number of rotatable bonds is 2.